The average Bonchev–Trinajstić information content (AvgIpc) is 3.13. The van der Waals surface area contributed by atoms with E-state index >= 15 is 0 Å². The molecule has 2 aromatic carbocycles. The molecule has 3 nitrogen and oxygen atoms in total. The molecule has 1 N–H and O–H groups in total. The van der Waals surface area contributed by atoms with E-state index in [-0.39, 0.29) is 5.95 Å². The second-order valence-electron chi connectivity index (χ2n) is 5.11. The van der Waals surface area contributed by atoms with Crippen LogP contribution in [0.3, 0.4) is 0 Å². The van der Waals surface area contributed by atoms with Crippen LogP contribution in [-0.4, -0.2) is 11.3 Å². The number of para-hydroxylation sites is 1. The van der Waals surface area contributed by atoms with E-state index in [0.717, 1.165) is 22.4 Å². The molecule has 0 bridgehead atoms. The van der Waals surface area contributed by atoms with E-state index in [1.165, 1.54) is 0 Å². The van der Waals surface area contributed by atoms with Crippen molar-refractivity contribution in [3.05, 3.63) is 71.8 Å². The van der Waals surface area contributed by atoms with Gasteiger partial charge in [0.15, 0.2) is 0 Å². The van der Waals surface area contributed by atoms with E-state index in [1.807, 2.05) is 66.7 Å². The van der Waals surface area contributed by atoms with Gasteiger partial charge in [-0.05, 0) is 18.2 Å². The molecule has 2 heterocycles. The Balaban J connectivity index is 1.75. The summed E-state index contributed by atoms with van der Waals surface area (Å²) in [7, 11) is 0. The fourth-order valence-corrected chi connectivity index (χ4v) is 2.57. The van der Waals surface area contributed by atoms with E-state index in [1.54, 1.807) is 6.21 Å². The summed E-state index contributed by atoms with van der Waals surface area (Å²) in [6, 6.07) is 19.5. The fourth-order valence-electron chi connectivity index (χ4n) is 2.57. The summed E-state index contributed by atoms with van der Waals surface area (Å²) in [4.78, 5) is 4.37. The maximum Gasteiger partial charge on any atom is 0.289 e. The number of rotatable bonds is 2. The van der Waals surface area contributed by atoms with Crippen LogP contribution in [0.5, 0.6) is 5.95 Å². The smallest absolute Gasteiger partial charge is 0.289 e. The van der Waals surface area contributed by atoms with E-state index < -0.39 is 0 Å². The Hall–Kier alpha value is -3.07. The van der Waals surface area contributed by atoms with Gasteiger partial charge in [0.05, 0.1) is 11.3 Å². The van der Waals surface area contributed by atoms with Crippen LogP contribution in [0, 0.1) is 0 Å². The lowest BCUT2D eigenvalue weighted by molar-refractivity contribution is 0.337. The minimum absolute atomic E-state index is 0.0795. The van der Waals surface area contributed by atoms with Gasteiger partial charge in [-0.1, -0.05) is 48.5 Å². The highest BCUT2D eigenvalue weighted by Crippen LogP contribution is 2.36. The van der Waals surface area contributed by atoms with Gasteiger partial charge >= 0.3 is 0 Å². The van der Waals surface area contributed by atoms with Gasteiger partial charge < -0.3 is 9.52 Å². The molecule has 1 aliphatic heterocycles. The molecule has 0 atom stereocenters. The molecule has 106 valence electrons. The maximum atomic E-state index is 10.0. The van der Waals surface area contributed by atoms with Crippen molar-refractivity contribution in [2.24, 2.45) is 4.99 Å². The van der Waals surface area contributed by atoms with E-state index in [0.29, 0.717) is 11.3 Å². The highest BCUT2D eigenvalue weighted by atomic mass is 16.5. The third-order valence-corrected chi connectivity index (χ3v) is 3.67. The zero-order chi connectivity index (χ0) is 14.9. The van der Waals surface area contributed by atoms with Crippen molar-refractivity contribution in [1.82, 2.24) is 0 Å². The van der Waals surface area contributed by atoms with Crippen molar-refractivity contribution >= 4 is 23.6 Å². The van der Waals surface area contributed by atoms with E-state index in [9.17, 15) is 5.11 Å². The molecular weight excluding hydrogens is 274 g/mol. The highest BCUT2D eigenvalue weighted by molar-refractivity contribution is 6.21. The number of aliphatic imine (C=N–C) groups is 1. The summed E-state index contributed by atoms with van der Waals surface area (Å²) in [5.41, 5.74) is 4.55. The monoisotopic (exact) mass is 287 g/mol. The predicted molar refractivity (Wildman–Crippen MR) is 88.3 cm³/mol. The average molecular weight is 287 g/mol. The van der Waals surface area contributed by atoms with Crippen LogP contribution < -0.4 is 0 Å². The van der Waals surface area contributed by atoms with Crippen LogP contribution in [0.2, 0.25) is 0 Å². The Kier molecular flexibility index (Phi) is 2.90. The van der Waals surface area contributed by atoms with Gasteiger partial charge in [-0.25, -0.2) is 0 Å². The van der Waals surface area contributed by atoms with Crippen LogP contribution in [0.1, 0.15) is 11.1 Å². The normalized spacial score (nSPS) is 14.5. The van der Waals surface area contributed by atoms with Crippen LogP contribution in [0.25, 0.3) is 23.0 Å². The van der Waals surface area contributed by atoms with E-state index in [2.05, 4.69) is 4.99 Å². The van der Waals surface area contributed by atoms with Crippen LogP contribution in [0.15, 0.2) is 70.1 Å². The molecular formula is C19H13NO2. The molecule has 0 radical (unpaired) electrons. The number of nitrogens with zero attached hydrogens (tertiary/aromatic N) is 1. The zero-order valence-electron chi connectivity index (χ0n) is 11.7. The molecule has 0 saturated heterocycles. The standard InChI is InChI=1S/C19H13NO2/c21-19-14(11-18(22-19)13-6-2-1-3-7-13)10-15-12-20-17-9-5-4-8-16(15)17/h1-12,21H. The first-order chi connectivity index (χ1) is 10.8. The molecule has 0 amide bonds. The number of benzene rings is 2. The lowest BCUT2D eigenvalue weighted by atomic mass is 10.0. The highest BCUT2D eigenvalue weighted by Gasteiger charge is 2.14. The predicted octanol–water partition coefficient (Wildman–Crippen LogP) is 4.91. The Labute approximate surface area is 127 Å². The van der Waals surface area contributed by atoms with Gasteiger partial charge in [-0.15, -0.1) is 0 Å². The number of allylic oxidation sites excluding steroid dienone is 1. The number of aromatic hydroxyl groups is 1. The molecule has 1 aliphatic rings. The molecule has 0 saturated carbocycles. The van der Waals surface area contributed by atoms with Gasteiger partial charge in [0.2, 0.25) is 0 Å². The van der Waals surface area contributed by atoms with Crippen molar-refractivity contribution in [3.8, 4) is 17.3 Å². The Morgan fingerprint density at radius 2 is 1.73 bits per heavy atom. The number of hydrogen-bond donors (Lipinski definition) is 1. The molecule has 0 fully saturated rings. The van der Waals surface area contributed by atoms with Crippen LogP contribution >= 0.6 is 0 Å². The minimum Gasteiger partial charge on any atom is -0.480 e. The number of furan rings is 1. The molecule has 0 spiro atoms. The molecule has 1 aromatic heterocycles. The third kappa shape index (κ3) is 2.13. The minimum atomic E-state index is -0.0795. The summed E-state index contributed by atoms with van der Waals surface area (Å²) in [6.07, 6.45) is 3.69. The first kappa shape index (κ1) is 12.7. The lowest BCUT2D eigenvalue weighted by Gasteiger charge is -1.97. The van der Waals surface area contributed by atoms with E-state index in [4.69, 9.17) is 4.42 Å². The fraction of sp³-hybridized carbons (Fsp3) is 0. The maximum absolute atomic E-state index is 10.0. The van der Waals surface area contributed by atoms with Gasteiger partial charge in [0, 0.05) is 22.9 Å². The largest absolute Gasteiger partial charge is 0.480 e. The Bertz CT molecular complexity index is 889. The van der Waals surface area contributed by atoms with Gasteiger partial charge in [0.1, 0.15) is 5.76 Å². The van der Waals surface area contributed by atoms with Crippen molar-refractivity contribution < 1.29 is 9.52 Å². The second-order valence-corrected chi connectivity index (χ2v) is 5.11. The number of hydrogen-bond acceptors (Lipinski definition) is 3. The molecule has 0 aliphatic carbocycles. The van der Waals surface area contributed by atoms with Crippen LogP contribution in [0.4, 0.5) is 5.69 Å². The third-order valence-electron chi connectivity index (χ3n) is 3.67. The molecule has 4 rings (SSSR count). The summed E-state index contributed by atoms with van der Waals surface area (Å²) in [6.45, 7) is 0. The zero-order valence-corrected chi connectivity index (χ0v) is 11.7. The Morgan fingerprint density at radius 3 is 2.59 bits per heavy atom. The van der Waals surface area contributed by atoms with Crippen molar-refractivity contribution in [2.45, 2.75) is 0 Å². The first-order valence-corrected chi connectivity index (χ1v) is 7.05. The van der Waals surface area contributed by atoms with Gasteiger partial charge in [-0.3, -0.25) is 4.99 Å². The molecule has 22 heavy (non-hydrogen) atoms. The van der Waals surface area contributed by atoms with Gasteiger partial charge in [-0.2, -0.15) is 0 Å². The second kappa shape index (κ2) is 5.04. The SMILES string of the molecule is Oc1oc(-c2ccccc2)cc1C=C1C=Nc2ccccc21. The lowest BCUT2D eigenvalue weighted by Crippen LogP contribution is -1.79. The quantitative estimate of drug-likeness (QED) is 0.728. The number of fused-ring (bicyclic) bond motifs is 1. The summed E-state index contributed by atoms with van der Waals surface area (Å²) in [5.74, 6) is 0.567. The molecule has 0 unspecified atom stereocenters. The Morgan fingerprint density at radius 1 is 0.955 bits per heavy atom. The summed E-state index contributed by atoms with van der Waals surface area (Å²) in [5, 5.41) is 10.0. The van der Waals surface area contributed by atoms with Crippen LogP contribution in [-0.2, 0) is 0 Å². The van der Waals surface area contributed by atoms with Crippen molar-refractivity contribution in [1.29, 1.82) is 0 Å². The topological polar surface area (TPSA) is 45.7 Å². The van der Waals surface area contributed by atoms with Crippen molar-refractivity contribution in [2.75, 3.05) is 0 Å². The molecule has 3 heteroatoms. The molecule has 3 aromatic rings. The summed E-state index contributed by atoms with van der Waals surface area (Å²) >= 11 is 0. The van der Waals surface area contributed by atoms with Gasteiger partial charge in [0.25, 0.3) is 5.95 Å². The summed E-state index contributed by atoms with van der Waals surface area (Å²) < 4.78 is 5.47. The van der Waals surface area contributed by atoms with Crippen molar-refractivity contribution in [3.63, 3.8) is 0 Å². The first-order valence-electron chi connectivity index (χ1n) is 7.05.